The van der Waals surface area contributed by atoms with E-state index in [9.17, 15) is 13.2 Å². The van der Waals surface area contributed by atoms with Crippen molar-refractivity contribution in [1.82, 2.24) is 9.71 Å². The van der Waals surface area contributed by atoms with Crippen LogP contribution in [0.4, 0.5) is 0 Å². The third-order valence-corrected chi connectivity index (χ3v) is 4.30. The van der Waals surface area contributed by atoms with Crippen molar-refractivity contribution in [2.75, 3.05) is 6.54 Å². The van der Waals surface area contributed by atoms with E-state index < -0.39 is 10.0 Å². The highest BCUT2D eigenvalue weighted by molar-refractivity contribution is 7.89. The molecule has 0 bridgehead atoms. The monoisotopic (exact) mass is 256 g/mol. The summed E-state index contributed by atoms with van der Waals surface area (Å²) in [5.41, 5.74) is -0.308. The Bertz CT molecular complexity index is 511. The van der Waals surface area contributed by atoms with Crippen molar-refractivity contribution in [3.63, 3.8) is 0 Å². The van der Waals surface area contributed by atoms with Gasteiger partial charge in [0.05, 0.1) is 4.90 Å². The Morgan fingerprint density at radius 3 is 2.71 bits per heavy atom. The van der Waals surface area contributed by atoms with Gasteiger partial charge >= 0.3 is 0 Å². The molecule has 5 nitrogen and oxygen atoms in total. The zero-order valence-corrected chi connectivity index (χ0v) is 10.3. The Kier molecular flexibility index (Phi) is 3.63. The Balaban J connectivity index is 1.88. The molecule has 1 aliphatic rings. The standard InChI is InChI=1S/C11H16N2O3S/c14-11-6-5-10(8-12-11)17(15,16)13-7-1-2-9-3-4-9/h5-6,8-9,13H,1-4,7H2,(H,12,14). The molecule has 6 heteroatoms. The molecule has 1 saturated carbocycles. The minimum absolute atomic E-state index is 0.100. The Hall–Kier alpha value is -1.14. The second-order valence-corrected chi connectivity index (χ2v) is 6.14. The quantitative estimate of drug-likeness (QED) is 0.740. The van der Waals surface area contributed by atoms with Crippen molar-refractivity contribution in [2.45, 2.75) is 30.6 Å². The zero-order chi connectivity index (χ0) is 12.3. The van der Waals surface area contributed by atoms with Crippen LogP contribution in [0.3, 0.4) is 0 Å². The van der Waals surface area contributed by atoms with Crippen LogP contribution in [0.15, 0.2) is 28.0 Å². The van der Waals surface area contributed by atoms with Crippen molar-refractivity contribution in [2.24, 2.45) is 5.92 Å². The Morgan fingerprint density at radius 1 is 1.35 bits per heavy atom. The number of hydrogen-bond donors (Lipinski definition) is 2. The van der Waals surface area contributed by atoms with Crippen LogP contribution in [0.2, 0.25) is 0 Å². The predicted octanol–water partition coefficient (Wildman–Crippen LogP) is 0.843. The van der Waals surface area contributed by atoms with E-state index in [1.54, 1.807) is 0 Å². The summed E-state index contributed by atoms with van der Waals surface area (Å²) in [5, 5.41) is 0. The van der Waals surface area contributed by atoms with Gasteiger partial charge in [-0.3, -0.25) is 4.79 Å². The summed E-state index contributed by atoms with van der Waals surface area (Å²) < 4.78 is 26.1. The van der Waals surface area contributed by atoms with Gasteiger partial charge in [-0.25, -0.2) is 13.1 Å². The molecule has 0 spiro atoms. The fourth-order valence-corrected chi connectivity index (χ4v) is 2.69. The normalized spacial score (nSPS) is 16.0. The zero-order valence-electron chi connectivity index (χ0n) is 9.48. The maximum Gasteiger partial charge on any atom is 0.247 e. The third-order valence-electron chi connectivity index (χ3n) is 2.84. The molecule has 0 radical (unpaired) electrons. The lowest BCUT2D eigenvalue weighted by Crippen LogP contribution is -2.25. The number of nitrogens with one attached hydrogen (secondary N) is 2. The minimum atomic E-state index is -3.47. The number of aromatic amines is 1. The van der Waals surface area contributed by atoms with E-state index in [1.165, 1.54) is 31.2 Å². The van der Waals surface area contributed by atoms with Gasteiger partial charge in [0.15, 0.2) is 0 Å². The van der Waals surface area contributed by atoms with Crippen molar-refractivity contribution < 1.29 is 8.42 Å². The van der Waals surface area contributed by atoms with Gasteiger partial charge in [-0.2, -0.15) is 0 Å². The predicted molar refractivity (Wildman–Crippen MR) is 64.2 cm³/mol. The summed E-state index contributed by atoms with van der Waals surface area (Å²) in [7, 11) is -3.47. The van der Waals surface area contributed by atoms with Gasteiger partial charge in [0.25, 0.3) is 0 Å². The van der Waals surface area contributed by atoms with Crippen LogP contribution >= 0.6 is 0 Å². The average molecular weight is 256 g/mol. The molecule has 0 unspecified atom stereocenters. The van der Waals surface area contributed by atoms with Gasteiger partial charge in [-0.1, -0.05) is 12.8 Å². The van der Waals surface area contributed by atoms with Gasteiger partial charge in [0, 0.05) is 18.8 Å². The Labute approximate surface area is 100 Å². The first-order valence-electron chi connectivity index (χ1n) is 5.76. The molecule has 1 heterocycles. The van der Waals surface area contributed by atoms with E-state index >= 15 is 0 Å². The lowest BCUT2D eigenvalue weighted by atomic mass is 10.2. The highest BCUT2D eigenvalue weighted by Gasteiger charge is 2.20. The van der Waals surface area contributed by atoms with Crippen LogP contribution < -0.4 is 10.3 Å². The fourth-order valence-electron chi connectivity index (χ4n) is 1.65. The lowest BCUT2D eigenvalue weighted by Gasteiger charge is -2.05. The molecular formula is C11H16N2O3S. The molecule has 1 aromatic heterocycles. The Morgan fingerprint density at radius 2 is 2.12 bits per heavy atom. The molecule has 2 N–H and O–H groups in total. The van der Waals surface area contributed by atoms with Crippen LogP contribution in [-0.4, -0.2) is 19.9 Å². The molecule has 1 fully saturated rings. The number of rotatable bonds is 6. The van der Waals surface area contributed by atoms with Gasteiger partial charge in [0.2, 0.25) is 15.6 Å². The van der Waals surface area contributed by atoms with Crippen LogP contribution in [0.1, 0.15) is 25.7 Å². The van der Waals surface area contributed by atoms with E-state index in [0.717, 1.165) is 18.8 Å². The fraction of sp³-hybridized carbons (Fsp3) is 0.545. The number of sulfonamides is 1. The maximum absolute atomic E-state index is 11.8. The molecule has 17 heavy (non-hydrogen) atoms. The molecular weight excluding hydrogens is 240 g/mol. The number of H-pyrrole nitrogens is 1. The van der Waals surface area contributed by atoms with E-state index in [-0.39, 0.29) is 10.5 Å². The van der Waals surface area contributed by atoms with E-state index in [1.807, 2.05) is 0 Å². The number of aromatic nitrogens is 1. The first kappa shape index (κ1) is 12.3. The van der Waals surface area contributed by atoms with Crippen molar-refractivity contribution in [3.8, 4) is 0 Å². The van der Waals surface area contributed by atoms with Gasteiger partial charge in [0.1, 0.15) is 0 Å². The molecule has 94 valence electrons. The first-order valence-corrected chi connectivity index (χ1v) is 7.25. The van der Waals surface area contributed by atoms with Crippen molar-refractivity contribution >= 4 is 10.0 Å². The molecule has 0 amide bonds. The van der Waals surface area contributed by atoms with E-state index in [2.05, 4.69) is 9.71 Å². The molecule has 2 rings (SSSR count). The number of pyridine rings is 1. The van der Waals surface area contributed by atoms with Gasteiger partial charge in [-0.05, 0) is 24.8 Å². The van der Waals surface area contributed by atoms with Crippen molar-refractivity contribution in [1.29, 1.82) is 0 Å². The molecule has 0 aliphatic heterocycles. The second kappa shape index (κ2) is 5.01. The molecule has 0 atom stereocenters. The van der Waals surface area contributed by atoms with Crippen LogP contribution in [0.25, 0.3) is 0 Å². The topological polar surface area (TPSA) is 79.0 Å². The summed E-state index contributed by atoms with van der Waals surface area (Å²) >= 11 is 0. The highest BCUT2D eigenvalue weighted by atomic mass is 32.2. The number of hydrogen-bond acceptors (Lipinski definition) is 3. The van der Waals surface area contributed by atoms with Crippen LogP contribution in [-0.2, 0) is 10.0 Å². The molecule has 1 aliphatic carbocycles. The summed E-state index contributed by atoms with van der Waals surface area (Å²) in [4.78, 5) is 13.3. The maximum atomic E-state index is 11.8. The van der Waals surface area contributed by atoms with E-state index in [4.69, 9.17) is 0 Å². The average Bonchev–Trinajstić information content (AvgIpc) is 3.09. The minimum Gasteiger partial charge on any atom is -0.328 e. The second-order valence-electron chi connectivity index (χ2n) is 4.37. The molecule has 1 aromatic rings. The SMILES string of the molecule is O=c1ccc(S(=O)(=O)NCCCC2CC2)c[nH]1. The smallest absolute Gasteiger partial charge is 0.247 e. The summed E-state index contributed by atoms with van der Waals surface area (Å²) in [6, 6.07) is 2.51. The summed E-state index contributed by atoms with van der Waals surface area (Å²) in [5.74, 6) is 0.813. The van der Waals surface area contributed by atoms with Crippen molar-refractivity contribution in [3.05, 3.63) is 28.7 Å². The highest BCUT2D eigenvalue weighted by Crippen LogP contribution is 2.33. The van der Waals surface area contributed by atoms with E-state index in [0.29, 0.717) is 6.54 Å². The van der Waals surface area contributed by atoms with Gasteiger partial charge < -0.3 is 4.98 Å². The summed E-state index contributed by atoms with van der Waals surface area (Å²) in [6.45, 7) is 0.456. The first-order chi connectivity index (χ1) is 8.08. The lowest BCUT2D eigenvalue weighted by molar-refractivity contribution is 0.572. The largest absolute Gasteiger partial charge is 0.328 e. The van der Waals surface area contributed by atoms with Crippen LogP contribution in [0.5, 0.6) is 0 Å². The van der Waals surface area contributed by atoms with Gasteiger partial charge in [-0.15, -0.1) is 0 Å². The molecule has 0 saturated heterocycles. The molecule has 0 aromatic carbocycles. The third kappa shape index (κ3) is 3.67. The van der Waals surface area contributed by atoms with Crippen LogP contribution in [0, 0.1) is 5.92 Å². The summed E-state index contributed by atoms with van der Waals surface area (Å²) in [6.07, 6.45) is 5.74.